The number of hydrogen-bond acceptors (Lipinski definition) is 3. The lowest BCUT2D eigenvalue weighted by Crippen LogP contribution is -2.37. The molecule has 1 aromatic carbocycles. The molecule has 5 heteroatoms. The number of amides is 1. The molecule has 1 amide bonds. The van der Waals surface area contributed by atoms with Crippen molar-refractivity contribution >= 4 is 6.09 Å². The fourth-order valence-corrected chi connectivity index (χ4v) is 2.06. The van der Waals surface area contributed by atoms with Crippen LogP contribution in [0.3, 0.4) is 0 Å². The van der Waals surface area contributed by atoms with Crippen molar-refractivity contribution in [1.82, 2.24) is 4.90 Å². The highest BCUT2D eigenvalue weighted by Crippen LogP contribution is 2.19. The van der Waals surface area contributed by atoms with Gasteiger partial charge in [-0.3, -0.25) is 4.90 Å². The zero-order valence-electron chi connectivity index (χ0n) is 9.96. The van der Waals surface area contributed by atoms with Gasteiger partial charge in [0.2, 0.25) is 0 Å². The summed E-state index contributed by atoms with van der Waals surface area (Å²) in [4.78, 5) is 13.0. The van der Waals surface area contributed by atoms with Gasteiger partial charge in [-0.15, -0.1) is 0 Å². The van der Waals surface area contributed by atoms with Crippen molar-refractivity contribution in [2.75, 3.05) is 13.2 Å². The molecule has 0 spiro atoms. The Bertz CT molecular complexity index is 398. The molecule has 0 unspecified atom stereocenters. The lowest BCUT2D eigenvalue weighted by Gasteiger charge is -2.21. The number of alkyl halides is 1. The average molecular weight is 253 g/mol. The van der Waals surface area contributed by atoms with Gasteiger partial charge in [-0.2, -0.15) is 0 Å². The van der Waals surface area contributed by atoms with Crippen molar-refractivity contribution in [3.8, 4) is 0 Å². The van der Waals surface area contributed by atoms with E-state index in [1.807, 2.05) is 30.3 Å². The minimum atomic E-state index is -0.657. The van der Waals surface area contributed by atoms with Crippen LogP contribution in [-0.2, 0) is 11.3 Å². The summed E-state index contributed by atoms with van der Waals surface area (Å²) in [5, 5.41) is 9.42. The number of benzene rings is 1. The van der Waals surface area contributed by atoms with E-state index in [-0.39, 0.29) is 19.6 Å². The fraction of sp³-hybridized carbons (Fsp3) is 0.462. The molecule has 0 radical (unpaired) electrons. The van der Waals surface area contributed by atoms with Crippen LogP contribution in [0.25, 0.3) is 0 Å². The van der Waals surface area contributed by atoms with Gasteiger partial charge in [-0.05, 0) is 12.0 Å². The summed E-state index contributed by atoms with van der Waals surface area (Å²) in [5.41, 5.74) is 0.877. The monoisotopic (exact) mass is 253 g/mol. The maximum absolute atomic E-state index is 12.7. The summed E-state index contributed by atoms with van der Waals surface area (Å²) in [7, 11) is 0. The zero-order valence-corrected chi connectivity index (χ0v) is 9.96. The van der Waals surface area contributed by atoms with Crippen molar-refractivity contribution in [3.05, 3.63) is 35.9 Å². The Hall–Kier alpha value is -1.62. The first kappa shape index (κ1) is 12.8. The third-order valence-electron chi connectivity index (χ3n) is 3.01. The van der Waals surface area contributed by atoms with Gasteiger partial charge in [0.15, 0.2) is 0 Å². The Morgan fingerprint density at radius 1 is 1.44 bits per heavy atom. The third-order valence-corrected chi connectivity index (χ3v) is 3.01. The van der Waals surface area contributed by atoms with E-state index in [1.54, 1.807) is 0 Å². The molecule has 1 heterocycles. The summed E-state index contributed by atoms with van der Waals surface area (Å²) in [6.07, 6.45) is -0.954. The highest BCUT2D eigenvalue weighted by Gasteiger charge is 2.35. The van der Waals surface area contributed by atoms with Crippen molar-refractivity contribution in [2.45, 2.75) is 25.2 Å². The van der Waals surface area contributed by atoms with Crippen LogP contribution in [0.4, 0.5) is 9.18 Å². The first-order valence-corrected chi connectivity index (χ1v) is 5.92. The Morgan fingerprint density at radius 3 is 2.83 bits per heavy atom. The van der Waals surface area contributed by atoms with Crippen LogP contribution < -0.4 is 0 Å². The number of β-amino-alcohol motifs (C(OH)–C–C–N with tert-alkyl or cyclic N) is 1. The minimum Gasteiger partial charge on any atom is -0.445 e. The van der Waals surface area contributed by atoms with Gasteiger partial charge < -0.3 is 9.84 Å². The number of halogens is 1. The summed E-state index contributed by atoms with van der Waals surface area (Å²) in [6, 6.07) is 8.71. The van der Waals surface area contributed by atoms with Gasteiger partial charge in [0.05, 0.1) is 18.7 Å². The second-order valence-corrected chi connectivity index (χ2v) is 4.39. The topological polar surface area (TPSA) is 49.8 Å². The van der Waals surface area contributed by atoms with E-state index in [0.29, 0.717) is 0 Å². The van der Waals surface area contributed by atoms with Gasteiger partial charge >= 0.3 is 6.09 Å². The molecule has 4 nitrogen and oxygen atoms in total. The molecule has 1 saturated heterocycles. The predicted molar refractivity (Wildman–Crippen MR) is 63.7 cm³/mol. The molecule has 1 aliphatic rings. The van der Waals surface area contributed by atoms with Crippen LogP contribution in [-0.4, -0.2) is 41.5 Å². The fourth-order valence-electron chi connectivity index (χ4n) is 2.06. The quantitative estimate of drug-likeness (QED) is 0.892. The Balaban J connectivity index is 1.88. The normalized spacial score (nSPS) is 23.1. The highest BCUT2D eigenvalue weighted by atomic mass is 19.1. The number of hydrogen-bond donors (Lipinski definition) is 1. The van der Waals surface area contributed by atoms with Crippen molar-refractivity contribution in [2.24, 2.45) is 0 Å². The molecule has 1 fully saturated rings. The Kier molecular flexibility index (Phi) is 4.15. The van der Waals surface area contributed by atoms with Crippen molar-refractivity contribution in [1.29, 1.82) is 0 Å². The number of carbonyl (C=O) groups excluding carboxylic acids is 1. The average Bonchev–Trinajstić information content (AvgIpc) is 2.78. The van der Waals surface area contributed by atoms with Gasteiger partial charge in [0.25, 0.3) is 0 Å². The number of carbonyl (C=O) groups is 1. The van der Waals surface area contributed by atoms with E-state index in [4.69, 9.17) is 4.74 Å². The van der Waals surface area contributed by atoms with Crippen LogP contribution >= 0.6 is 0 Å². The molecule has 2 atom stereocenters. The number of likely N-dealkylation sites (tertiary alicyclic amines) is 1. The highest BCUT2D eigenvalue weighted by molar-refractivity contribution is 5.68. The van der Waals surface area contributed by atoms with E-state index in [2.05, 4.69) is 0 Å². The molecule has 0 aromatic heterocycles. The van der Waals surface area contributed by atoms with Crippen LogP contribution in [0.1, 0.15) is 12.0 Å². The lowest BCUT2D eigenvalue weighted by molar-refractivity contribution is 0.0842. The minimum absolute atomic E-state index is 0.141. The zero-order chi connectivity index (χ0) is 13.0. The van der Waals surface area contributed by atoms with Gasteiger partial charge in [-0.1, -0.05) is 30.3 Å². The summed E-state index contributed by atoms with van der Waals surface area (Å²) in [6.45, 7) is -0.356. The number of aliphatic hydroxyl groups excluding tert-OH is 1. The first-order chi connectivity index (χ1) is 8.70. The number of nitrogens with zero attached hydrogens (tertiary/aromatic N) is 1. The molecule has 0 aliphatic carbocycles. The SMILES string of the molecule is O=C(OCc1ccccc1)N1C[C@H](O)C[C@@H]1CF. The van der Waals surface area contributed by atoms with Crippen LogP contribution in [0.5, 0.6) is 0 Å². The van der Waals surface area contributed by atoms with Gasteiger partial charge in [0, 0.05) is 0 Å². The number of aliphatic hydroxyl groups is 1. The first-order valence-electron chi connectivity index (χ1n) is 5.92. The molecule has 0 bridgehead atoms. The number of rotatable bonds is 3. The van der Waals surface area contributed by atoms with E-state index >= 15 is 0 Å². The van der Waals surface area contributed by atoms with E-state index in [1.165, 1.54) is 4.90 Å². The van der Waals surface area contributed by atoms with Gasteiger partial charge in [-0.25, -0.2) is 9.18 Å². The lowest BCUT2D eigenvalue weighted by atomic mass is 10.2. The molecular weight excluding hydrogens is 237 g/mol. The molecule has 0 saturated carbocycles. The molecule has 2 rings (SSSR count). The second-order valence-electron chi connectivity index (χ2n) is 4.39. The Labute approximate surface area is 105 Å². The molecule has 1 N–H and O–H groups in total. The van der Waals surface area contributed by atoms with Crippen molar-refractivity contribution in [3.63, 3.8) is 0 Å². The third kappa shape index (κ3) is 2.98. The molecular formula is C13H16FNO3. The molecule has 1 aliphatic heterocycles. The largest absolute Gasteiger partial charge is 0.445 e. The maximum Gasteiger partial charge on any atom is 0.410 e. The van der Waals surface area contributed by atoms with Gasteiger partial charge in [0.1, 0.15) is 13.3 Å². The van der Waals surface area contributed by atoms with E-state index in [9.17, 15) is 14.3 Å². The number of ether oxygens (including phenoxy) is 1. The molecule has 1 aromatic rings. The Morgan fingerprint density at radius 2 is 2.17 bits per heavy atom. The second kappa shape index (κ2) is 5.82. The maximum atomic E-state index is 12.7. The standard InChI is InChI=1S/C13H16FNO3/c14-7-11-6-12(16)8-15(11)13(17)18-9-10-4-2-1-3-5-10/h1-5,11-12,16H,6-9H2/t11-,12-/m1/s1. The summed E-state index contributed by atoms with van der Waals surface area (Å²) in [5.74, 6) is 0. The van der Waals surface area contributed by atoms with Crippen LogP contribution in [0.2, 0.25) is 0 Å². The molecule has 18 heavy (non-hydrogen) atoms. The smallest absolute Gasteiger partial charge is 0.410 e. The van der Waals surface area contributed by atoms with Crippen LogP contribution in [0.15, 0.2) is 30.3 Å². The predicted octanol–water partition coefficient (Wildman–Crippen LogP) is 1.73. The van der Waals surface area contributed by atoms with E-state index < -0.39 is 24.9 Å². The summed E-state index contributed by atoms with van der Waals surface area (Å²) < 4.78 is 17.8. The van der Waals surface area contributed by atoms with Crippen LogP contribution in [0, 0.1) is 0 Å². The van der Waals surface area contributed by atoms with Crippen molar-refractivity contribution < 1.29 is 19.0 Å². The summed E-state index contributed by atoms with van der Waals surface area (Å²) >= 11 is 0. The molecule has 98 valence electrons. The van der Waals surface area contributed by atoms with E-state index in [0.717, 1.165) is 5.56 Å².